The summed E-state index contributed by atoms with van der Waals surface area (Å²) in [4.78, 5) is 0. The third-order valence-electron chi connectivity index (χ3n) is 2.50. The zero-order chi connectivity index (χ0) is 13.5. The molecule has 4 heteroatoms. The number of hydrogen-bond acceptors (Lipinski definition) is 4. The van der Waals surface area contributed by atoms with E-state index in [1.165, 1.54) is 0 Å². The Labute approximate surface area is 109 Å². The number of methoxy groups -OCH3 is 1. The van der Waals surface area contributed by atoms with Crippen molar-refractivity contribution in [1.29, 1.82) is 0 Å². The van der Waals surface area contributed by atoms with Crippen molar-refractivity contribution in [3.05, 3.63) is 23.8 Å². The molecule has 0 spiro atoms. The standard InChI is InChI=1S/C14H23NO3/c1-10(2)17-7-8-18-14-9-12(16-4)5-6-13(14)11(3)15/h5-6,9-11H,7-8,15H2,1-4H3/t11-/m0/s1. The maximum Gasteiger partial charge on any atom is 0.127 e. The molecule has 18 heavy (non-hydrogen) atoms. The van der Waals surface area contributed by atoms with Crippen molar-refractivity contribution in [3.63, 3.8) is 0 Å². The third kappa shape index (κ3) is 4.55. The van der Waals surface area contributed by atoms with Crippen LogP contribution in [0.25, 0.3) is 0 Å². The Morgan fingerprint density at radius 3 is 2.44 bits per heavy atom. The highest BCUT2D eigenvalue weighted by molar-refractivity contribution is 5.42. The largest absolute Gasteiger partial charge is 0.497 e. The maximum absolute atomic E-state index is 5.91. The molecule has 4 nitrogen and oxygen atoms in total. The molecule has 0 aliphatic rings. The summed E-state index contributed by atoms with van der Waals surface area (Å²) in [6, 6.07) is 5.60. The predicted molar refractivity (Wildman–Crippen MR) is 72.2 cm³/mol. The first kappa shape index (κ1) is 14.8. The molecular formula is C14H23NO3. The van der Waals surface area contributed by atoms with Gasteiger partial charge in [-0.25, -0.2) is 0 Å². The first-order valence-corrected chi connectivity index (χ1v) is 6.22. The van der Waals surface area contributed by atoms with Gasteiger partial charge in [-0.05, 0) is 26.8 Å². The van der Waals surface area contributed by atoms with Crippen LogP contribution in [0.15, 0.2) is 18.2 Å². The maximum atomic E-state index is 5.91. The molecule has 1 rings (SSSR count). The Morgan fingerprint density at radius 2 is 1.89 bits per heavy atom. The normalized spacial score (nSPS) is 12.6. The SMILES string of the molecule is COc1ccc([C@H](C)N)c(OCCOC(C)C)c1. The lowest BCUT2D eigenvalue weighted by atomic mass is 10.1. The van der Waals surface area contributed by atoms with E-state index in [1.807, 2.05) is 39.0 Å². The van der Waals surface area contributed by atoms with Gasteiger partial charge in [-0.2, -0.15) is 0 Å². The number of rotatable bonds is 7. The van der Waals surface area contributed by atoms with Gasteiger partial charge in [-0.15, -0.1) is 0 Å². The minimum atomic E-state index is -0.0723. The first-order valence-electron chi connectivity index (χ1n) is 6.22. The lowest BCUT2D eigenvalue weighted by molar-refractivity contribution is 0.0549. The van der Waals surface area contributed by atoms with Crippen LogP contribution in [-0.4, -0.2) is 26.4 Å². The van der Waals surface area contributed by atoms with Gasteiger partial charge in [0.1, 0.15) is 18.1 Å². The van der Waals surface area contributed by atoms with Crippen molar-refractivity contribution in [2.24, 2.45) is 5.73 Å². The molecule has 0 fully saturated rings. The summed E-state index contributed by atoms with van der Waals surface area (Å²) in [5, 5.41) is 0. The minimum absolute atomic E-state index is 0.0723. The highest BCUT2D eigenvalue weighted by Gasteiger charge is 2.09. The third-order valence-corrected chi connectivity index (χ3v) is 2.50. The summed E-state index contributed by atoms with van der Waals surface area (Å²) >= 11 is 0. The van der Waals surface area contributed by atoms with Gasteiger partial charge in [0.2, 0.25) is 0 Å². The van der Waals surface area contributed by atoms with Gasteiger partial charge in [-0.1, -0.05) is 6.07 Å². The molecule has 1 aromatic rings. The number of ether oxygens (including phenoxy) is 3. The van der Waals surface area contributed by atoms with Crippen LogP contribution in [0, 0.1) is 0 Å². The molecule has 0 heterocycles. The summed E-state index contributed by atoms with van der Waals surface area (Å²) in [6.45, 7) is 7.00. The highest BCUT2D eigenvalue weighted by Crippen LogP contribution is 2.28. The molecule has 0 saturated heterocycles. The highest BCUT2D eigenvalue weighted by atomic mass is 16.5. The van der Waals surface area contributed by atoms with Gasteiger partial charge in [0, 0.05) is 17.7 Å². The van der Waals surface area contributed by atoms with E-state index in [0.29, 0.717) is 13.2 Å². The number of nitrogens with two attached hydrogens (primary N) is 1. The minimum Gasteiger partial charge on any atom is -0.497 e. The van der Waals surface area contributed by atoms with Gasteiger partial charge in [0.15, 0.2) is 0 Å². The molecule has 0 saturated carbocycles. The summed E-state index contributed by atoms with van der Waals surface area (Å²) in [5.74, 6) is 1.52. The van der Waals surface area contributed by atoms with E-state index >= 15 is 0 Å². The summed E-state index contributed by atoms with van der Waals surface area (Å²) in [7, 11) is 1.63. The van der Waals surface area contributed by atoms with Crippen LogP contribution in [0.3, 0.4) is 0 Å². The van der Waals surface area contributed by atoms with Gasteiger partial charge >= 0.3 is 0 Å². The second-order valence-electron chi connectivity index (χ2n) is 4.46. The smallest absolute Gasteiger partial charge is 0.127 e. The summed E-state index contributed by atoms with van der Waals surface area (Å²) in [5.41, 5.74) is 6.88. The van der Waals surface area contributed by atoms with Gasteiger partial charge < -0.3 is 19.9 Å². The van der Waals surface area contributed by atoms with Crippen LogP contribution in [-0.2, 0) is 4.74 Å². The molecular weight excluding hydrogens is 230 g/mol. The average molecular weight is 253 g/mol. The molecule has 0 radical (unpaired) electrons. The summed E-state index contributed by atoms with van der Waals surface area (Å²) in [6.07, 6.45) is 0.215. The quantitative estimate of drug-likeness (QED) is 0.759. The Morgan fingerprint density at radius 1 is 1.17 bits per heavy atom. The van der Waals surface area contributed by atoms with Gasteiger partial charge in [0.25, 0.3) is 0 Å². The zero-order valence-corrected chi connectivity index (χ0v) is 11.6. The van der Waals surface area contributed by atoms with Gasteiger partial charge in [0.05, 0.1) is 19.8 Å². The van der Waals surface area contributed by atoms with Crippen molar-refractivity contribution in [2.45, 2.75) is 32.9 Å². The molecule has 0 bridgehead atoms. The van der Waals surface area contributed by atoms with Crippen LogP contribution >= 0.6 is 0 Å². The fraction of sp³-hybridized carbons (Fsp3) is 0.571. The van der Waals surface area contributed by atoms with Gasteiger partial charge in [-0.3, -0.25) is 0 Å². The fourth-order valence-corrected chi connectivity index (χ4v) is 1.58. The number of hydrogen-bond donors (Lipinski definition) is 1. The van der Waals surface area contributed by atoms with E-state index in [9.17, 15) is 0 Å². The molecule has 1 aromatic carbocycles. The van der Waals surface area contributed by atoms with Crippen LogP contribution < -0.4 is 15.2 Å². The molecule has 2 N–H and O–H groups in total. The second kappa shape index (κ2) is 7.24. The van der Waals surface area contributed by atoms with Crippen molar-refractivity contribution in [3.8, 4) is 11.5 Å². The van der Waals surface area contributed by atoms with E-state index in [-0.39, 0.29) is 12.1 Å². The molecule has 102 valence electrons. The predicted octanol–water partition coefficient (Wildman–Crippen LogP) is 2.52. The average Bonchev–Trinajstić information content (AvgIpc) is 2.33. The summed E-state index contributed by atoms with van der Waals surface area (Å²) < 4.78 is 16.3. The Kier molecular flexibility index (Phi) is 5.95. The van der Waals surface area contributed by atoms with Crippen LogP contribution in [0.4, 0.5) is 0 Å². The van der Waals surface area contributed by atoms with Crippen LogP contribution in [0.1, 0.15) is 32.4 Å². The van der Waals surface area contributed by atoms with E-state index in [0.717, 1.165) is 17.1 Å². The van der Waals surface area contributed by atoms with E-state index < -0.39 is 0 Å². The van der Waals surface area contributed by atoms with Crippen molar-refractivity contribution in [2.75, 3.05) is 20.3 Å². The van der Waals surface area contributed by atoms with Crippen LogP contribution in [0.5, 0.6) is 11.5 Å². The van der Waals surface area contributed by atoms with E-state index in [2.05, 4.69) is 0 Å². The second-order valence-corrected chi connectivity index (χ2v) is 4.46. The lowest BCUT2D eigenvalue weighted by Crippen LogP contribution is -2.13. The fourth-order valence-electron chi connectivity index (χ4n) is 1.58. The molecule has 0 unspecified atom stereocenters. The number of benzene rings is 1. The Bertz CT molecular complexity index is 364. The Balaban J connectivity index is 2.66. The molecule has 1 atom stereocenters. The zero-order valence-electron chi connectivity index (χ0n) is 11.6. The first-order chi connectivity index (χ1) is 8.54. The molecule has 0 aliphatic heterocycles. The monoisotopic (exact) mass is 253 g/mol. The topological polar surface area (TPSA) is 53.7 Å². The van der Waals surface area contributed by atoms with Crippen molar-refractivity contribution in [1.82, 2.24) is 0 Å². The van der Waals surface area contributed by atoms with E-state index in [1.54, 1.807) is 7.11 Å². The lowest BCUT2D eigenvalue weighted by Gasteiger charge is -2.15. The van der Waals surface area contributed by atoms with Crippen molar-refractivity contribution >= 4 is 0 Å². The van der Waals surface area contributed by atoms with E-state index in [4.69, 9.17) is 19.9 Å². The van der Waals surface area contributed by atoms with Crippen molar-refractivity contribution < 1.29 is 14.2 Å². The molecule has 0 amide bonds. The molecule has 0 aromatic heterocycles. The Hall–Kier alpha value is -1.26. The molecule has 0 aliphatic carbocycles. The van der Waals surface area contributed by atoms with Crippen LogP contribution in [0.2, 0.25) is 0 Å².